The van der Waals surface area contributed by atoms with Gasteiger partial charge in [-0.05, 0) is 31.2 Å². The zero-order chi connectivity index (χ0) is 24.3. The number of nitro groups is 1. The molecule has 10 nitrogen and oxygen atoms in total. The molecule has 184 valence electrons. The van der Waals surface area contributed by atoms with Crippen LogP contribution in [0.1, 0.15) is 6.92 Å². The van der Waals surface area contributed by atoms with Gasteiger partial charge in [0.05, 0.1) is 23.5 Å². The average molecular weight is 490 g/mol. The van der Waals surface area contributed by atoms with E-state index < -0.39 is 10.0 Å². The van der Waals surface area contributed by atoms with Crippen LogP contribution in [0.2, 0.25) is 0 Å². The van der Waals surface area contributed by atoms with E-state index in [4.69, 9.17) is 4.74 Å². The van der Waals surface area contributed by atoms with Crippen molar-refractivity contribution in [2.45, 2.75) is 6.92 Å². The van der Waals surface area contributed by atoms with Crippen LogP contribution in [0.15, 0.2) is 42.5 Å². The third-order valence-corrected chi connectivity index (χ3v) is 8.45. The van der Waals surface area contributed by atoms with Gasteiger partial charge in [-0.2, -0.15) is 4.31 Å². The highest BCUT2D eigenvalue weighted by Crippen LogP contribution is 2.35. The fourth-order valence-electron chi connectivity index (χ4n) is 4.60. The quantitative estimate of drug-likeness (QED) is 0.432. The predicted octanol–water partition coefficient (Wildman–Crippen LogP) is 2.40. The van der Waals surface area contributed by atoms with Gasteiger partial charge in [-0.15, -0.1) is 0 Å². The van der Waals surface area contributed by atoms with E-state index in [1.807, 2.05) is 30.3 Å². The van der Waals surface area contributed by atoms with Crippen LogP contribution < -0.4 is 19.4 Å². The van der Waals surface area contributed by atoms with Crippen LogP contribution in [0, 0.1) is 10.1 Å². The molecule has 0 bridgehead atoms. The number of sulfonamides is 1. The van der Waals surface area contributed by atoms with E-state index in [9.17, 15) is 18.5 Å². The zero-order valence-corrected chi connectivity index (χ0v) is 20.4. The molecule has 2 aromatic rings. The lowest BCUT2D eigenvalue weighted by Crippen LogP contribution is -2.49. The number of hydrogen-bond donors (Lipinski definition) is 0. The Balaban J connectivity index is 1.50. The van der Waals surface area contributed by atoms with Crippen molar-refractivity contribution in [1.29, 1.82) is 0 Å². The Labute approximate surface area is 200 Å². The highest BCUT2D eigenvalue weighted by Gasteiger charge is 2.29. The van der Waals surface area contributed by atoms with Crippen LogP contribution in [0.4, 0.5) is 22.7 Å². The first-order valence-corrected chi connectivity index (χ1v) is 13.1. The van der Waals surface area contributed by atoms with Crippen molar-refractivity contribution in [2.24, 2.45) is 0 Å². The number of nitro benzene ring substituents is 1. The number of para-hydroxylation sites is 2. The van der Waals surface area contributed by atoms with Gasteiger partial charge in [0, 0.05) is 64.1 Å². The second kappa shape index (κ2) is 10.1. The van der Waals surface area contributed by atoms with E-state index in [1.165, 1.54) is 4.31 Å². The SMILES string of the molecule is CCS(=O)(=O)N1CCN(c2ccc([N+](=O)[O-])c(N3CCN(c4ccccc4OC)CC3)c2)CC1. The molecule has 0 amide bonds. The molecule has 11 heteroatoms. The average Bonchev–Trinajstić information content (AvgIpc) is 2.88. The Bertz CT molecular complexity index is 1130. The van der Waals surface area contributed by atoms with Gasteiger partial charge in [-0.25, -0.2) is 8.42 Å². The standard InChI is InChI=1S/C23H31N5O5S/c1-3-34(31,32)27-16-14-24(15-17-27)19-8-9-20(28(29)30)22(18-19)26-12-10-25(11-13-26)21-6-4-5-7-23(21)33-2/h4-9,18H,3,10-17H2,1-2H3. The van der Waals surface area contributed by atoms with Gasteiger partial charge in [-0.3, -0.25) is 10.1 Å². The summed E-state index contributed by atoms with van der Waals surface area (Å²) in [7, 11) is -1.55. The summed E-state index contributed by atoms with van der Waals surface area (Å²) in [6, 6.07) is 13.1. The van der Waals surface area contributed by atoms with Gasteiger partial charge in [-0.1, -0.05) is 12.1 Å². The maximum Gasteiger partial charge on any atom is 0.292 e. The summed E-state index contributed by atoms with van der Waals surface area (Å²) in [5, 5.41) is 11.8. The number of piperazine rings is 2. The molecular formula is C23H31N5O5S. The van der Waals surface area contributed by atoms with Crippen molar-refractivity contribution >= 4 is 32.8 Å². The summed E-state index contributed by atoms with van der Waals surface area (Å²) in [6.45, 7) is 6.31. The summed E-state index contributed by atoms with van der Waals surface area (Å²) in [5.74, 6) is 0.906. The Kier molecular flexibility index (Phi) is 7.13. The zero-order valence-electron chi connectivity index (χ0n) is 19.6. The van der Waals surface area contributed by atoms with Crippen molar-refractivity contribution < 1.29 is 18.1 Å². The van der Waals surface area contributed by atoms with Crippen LogP contribution >= 0.6 is 0 Å². The van der Waals surface area contributed by atoms with E-state index >= 15 is 0 Å². The van der Waals surface area contributed by atoms with E-state index in [0.717, 1.165) is 30.2 Å². The summed E-state index contributed by atoms with van der Waals surface area (Å²) in [5.41, 5.74) is 2.58. The number of benzene rings is 2. The summed E-state index contributed by atoms with van der Waals surface area (Å²) in [6.07, 6.45) is 0. The molecule has 0 spiro atoms. The van der Waals surface area contributed by atoms with Crippen molar-refractivity contribution in [1.82, 2.24) is 4.31 Å². The molecule has 0 aromatic heterocycles. The largest absolute Gasteiger partial charge is 0.495 e. The molecule has 0 aliphatic carbocycles. The minimum atomic E-state index is -3.21. The molecule has 34 heavy (non-hydrogen) atoms. The van der Waals surface area contributed by atoms with Gasteiger partial charge in [0.2, 0.25) is 10.0 Å². The van der Waals surface area contributed by atoms with Gasteiger partial charge >= 0.3 is 0 Å². The molecule has 4 rings (SSSR count). The van der Waals surface area contributed by atoms with Crippen molar-refractivity contribution in [3.05, 3.63) is 52.6 Å². The lowest BCUT2D eigenvalue weighted by atomic mass is 10.1. The van der Waals surface area contributed by atoms with Gasteiger partial charge < -0.3 is 19.4 Å². The first-order chi connectivity index (χ1) is 16.3. The second-order valence-corrected chi connectivity index (χ2v) is 10.6. The molecular weight excluding hydrogens is 458 g/mol. The Hall–Kier alpha value is -3.05. The van der Waals surface area contributed by atoms with Gasteiger partial charge in [0.25, 0.3) is 5.69 Å². The molecule has 2 saturated heterocycles. The number of nitrogens with zero attached hydrogens (tertiary/aromatic N) is 5. The lowest BCUT2D eigenvalue weighted by molar-refractivity contribution is -0.384. The maximum absolute atomic E-state index is 12.2. The monoisotopic (exact) mass is 489 g/mol. The molecule has 2 fully saturated rings. The first kappa shape index (κ1) is 24.1. The Morgan fingerprint density at radius 3 is 2.06 bits per heavy atom. The van der Waals surface area contributed by atoms with Crippen molar-refractivity contribution in [2.75, 3.05) is 79.9 Å². The van der Waals surface area contributed by atoms with Crippen LogP contribution in [0.3, 0.4) is 0 Å². The maximum atomic E-state index is 12.2. The molecule has 2 heterocycles. The van der Waals surface area contributed by atoms with Crippen LogP contribution in [0.25, 0.3) is 0 Å². The summed E-state index contributed by atoms with van der Waals surface area (Å²) < 4.78 is 31.3. The topological polar surface area (TPSA) is 99.5 Å². The number of methoxy groups -OCH3 is 1. The van der Waals surface area contributed by atoms with Crippen LogP contribution in [0.5, 0.6) is 5.75 Å². The predicted molar refractivity (Wildman–Crippen MR) is 134 cm³/mol. The fraction of sp³-hybridized carbons (Fsp3) is 0.478. The first-order valence-electron chi connectivity index (χ1n) is 11.5. The molecule has 0 radical (unpaired) electrons. The molecule has 0 saturated carbocycles. The van der Waals surface area contributed by atoms with Crippen LogP contribution in [-0.2, 0) is 10.0 Å². The molecule has 0 N–H and O–H groups in total. The van der Waals surface area contributed by atoms with Gasteiger partial charge in [0.15, 0.2) is 0 Å². The summed E-state index contributed by atoms with van der Waals surface area (Å²) in [4.78, 5) is 17.8. The molecule has 0 unspecified atom stereocenters. The van der Waals surface area contributed by atoms with E-state index in [0.29, 0.717) is 45.0 Å². The van der Waals surface area contributed by atoms with E-state index in [-0.39, 0.29) is 16.4 Å². The summed E-state index contributed by atoms with van der Waals surface area (Å²) >= 11 is 0. The fourth-order valence-corrected chi connectivity index (χ4v) is 5.69. The van der Waals surface area contributed by atoms with Crippen molar-refractivity contribution in [3.63, 3.8) is 0 Å². The molecule has 2 aromatic carbocycles. The van der Waals surface area contributed by atoms with Crippen LogP contribution in [-0.4, -0.2) is 82.9 Å². The minimum absolute atomic E-state index is 0.0849. The number of hydrogen-bond acceptors (Lipinski definition) is 8. The normalized spacial score (nSPS) is 17.6. The highest BCUT2D eigenvalue weighted by molar-refractivity contribution is 7.89. The minimum Gasteiger partial charge on any atom is -0.495 e. The smallest absolute Gasteiger partial charge is 0.292 e. The molecule has 0 atom stereocenters. The third-order valence-electron chi connectivity index (χ3n) is 6.56. The van der Waals surface area contributed by atoms with Gasteiger partial charge in [0.1, 0.15) is 11.4 Å². The molecule has 2 aliphatic rings. The molecule has 2 aliphatic heterocycles. The third kappa shape index (κ3) is 4.90. The highest BCUT2D eigenvalue weighted by atomic mass is 32.2. The van der Waals surface area contributed by atoms with E-state index in [2.05, 4.69) is 14.7 Å². The second-order valence-electron chi connectivity index (χ2n) is 8.36. The number of anilines is 3. The number of rotatable bonds is 7. The van der Waals surface area contributed by atoms with E-state index in [1.54, 1.807) is 26.2 Å². The Morgan fingerprint density at radius 1 is 0.882 bits per heavy atom. The lowest BCUT2D eigenvalue weighted by Gasteiger charge is -2.38. The Morgan fingerprint density at radius 2 is 1.47 bits per heavy atom. The number of ether oxygens (including phenoxy) is 1. The van der Waals surface area contributed by atoms with Crippen molar-refractivity contribution in [3.8, 4) is 5.75 Å².